The van der Waals surface area contributed by atoms with Crippen molar-refractivity contribution in [1.29, 1.82) is 0 Å². The zero-order valence-corrected chi connectivity index (χ0v) is 10.8. The average Bonchev–Trinajstić information content (AvgIpc) is 2.40. The Morgan fingerprint density at radius 1 is 1.44 bits per heavy atom. The Hall–Kier alpha value is -1.31. The highest BCUT2D eigenvalue weighted by Gasteiger charge is 2.16. The maximum atomic E-state index is 10.9. The summed E-state index contributed by atoms with van der Waals surface area (Å²) in [5.74, 6) is 7.51. The number of hydrazine groups is 1. The third-order valence-electron chi connectivity index (χ3n) is 2.92. The topological polar surface area (TPSA) is 84.4 Å². The van der Waals surface area contributed by atoms with Crippen LogP contribution in [0.15, 0.2) is 18.2 Å². The lowest BCUT2D eigenvalue weighted by Crippen LogP contribution is -2.31. The van der Waals surface area contributed by atoms with Gasteiger partial charge in [-0.25, -0.2) is 0 Å². The van der Waals surface area contributed by atoms with Crippen LogP contribution < -0.4 is 11.3 Å². The molecule has 0 unspecified atom stereocenters. The van der Waals surface area contributed by atoms with E-state index in [1.165, 1.54) is 0 Å². The molecule has 18 heavy (non-hydrogen) atoms. The molecule has 1 aliphatic rings. The Morgan fingerprint density at radius 3 is 2.78 bits per heavy atom. The van der Waals surface area contributed by atoms with Crippen LogP contribution in [0.25, 0.3) is 0 Å². The number of nitro groups is 1. The van der Waals surface area contributed by atoms with E-state index in [1.54, 1.807) is 12.1 Å². The highest BCUT2D eigenvalue weighted by atomic mass is 32.2. The van der Waals surface area contributed by atoms with Crippen molar-refractivity contribution in [2.45, 2.75) is 6.54 Å². The molecule has 0 saturated carbocycles. The van der Waals surface area contributed by atoms with Gasteiger partial charge >= 0.3 is 0 Å². The molecule has 0 radical (unpaired) electrons. The standard InChI is InChI=1S/C11H16N4O2S/c12-13-10-2-1-9(7-11(10)15(16)17)8-14-3-5-18-6-4-14/h1-2,7,13H,3-6,8,12H2. The Labute approximate surface area is 110 Å². The van der Waals surface area contributed by atoms with E-state index in [9.17, 15) is 10.1 Å². The fourth-order valence-electron chi connectivity index (χ4n) is 1.97. The van der Waals surface area contributed by atoms with Crippen LogP contribution in [-0.2, 0) is 6.54 Å². The molecular formula is C11H16N4O2S. The molecule has 0 atom stereocenters. The molecule has 6 nitrogen and oxygen atoms in total. The first-order valence-electron chi connectivity index (χ1n) is 5.75. The number of hydrogen-bond acceptors (Lipinski definition) is 6. The van der Waals surface area contributed by atoms with Gasteiger partial charge in [0.15, 0.2) is 0 Å². The van der Waals surface area contributed by atoms with Crippen LogP contribution in [0.2, 0.25) is 0 Å². The molecule has 1 aliphatic heterocycles. The van der Waals surface area contributed by atoms with Crippen molar-refractivity contribution in [3.63, 3.8) is 0 Å². The average molecular weight is 268 g/mol. The number of nitrogens with zero attached hydrogens (tertiary/aromatic N) is 2. The first-order valence-corrected chi connectivity index (χ1v) is 6.90. The van der Waals surface area contributed by atoms with Crippen LogP contribution in [0.1, 0.15) is 5.56 Å². The van der Waals surface area contributed by atoms with Crippen LogP contribution in [0.3, 0.4) is 0 Å². The van der Waals surface area contributed by atoms with Crippen molar-refractivity contribution in [2.24, 2.45) is 5.84 Å². The lowest BCUT2D eigenvalue weighted by Gasteiger charge is -2.26. The summed E-state index contributed by atoms with van der Waals surface area (Å²) in [6, 6.07) is 5.13. The van der Waals surface area contributed by atoms with E-state index >= 15 is 0 Å². The van der Waals surface area contributed by atoms with Crippen molar-refractivity contribution >= 4 is 23.1 Å². The third-order valence-corrected chi connectivity index (χ3v) is 3.87. The largest absolute Gasteiger partial charge is 0.318 e. The Kier molecular flexibility index (Phi) is 4.40. The lowest BCUT2D eigenvalue weighted by molar-refractivity contribution is -0.384. The van der Waals surface area contributed by atoms with Gasteiger partial charge in [0.1, 0.15) is 5.69 Å². The van der Waals surface area contributed by atoms with Crippen LogP contribution in [0.5, 0.6) is 0 Å². The summed E-state index contributed by atoms with van der Waals surface area (Å²) in [4.78, 5) is 12.8. The minimum atomic E-state index is -0.412. The van der Waals surface area contributed by atoms with Crippen LogP contribution in [0.4, 0.5) is 11.4 Å². The zero-order valence-electron chi connectivity index (χ0n) is 9.96. The second-order valence-corrected chi connectivity index (χ2v) is 5.37. The van der Waals surface area contributed by atoms with Gasteiger partial charge in [0.25, 0.3) is 5.69 Å². The molecule has 3 N–H and O–H groups in total. The van der Waals surface area contributed by atoms with Gasteiger partial charge in [0, 0.05) is 37.2 Å². The SMILES string of the molecule is NNc1ccc(CN2CCSCC2)cc1[N+](=O)[O-]. The molecule has 1 saturated heterocycles. The molecule has 0 aromatic heterocycles. The van der Waals surface area contributed by atoms with E-state index in [1.807, 2.05) is 17.8 Å². The quantitative estimate of drug-likeness (QED) is 0.488. The fourth-order valence-corrected chi connectivity index (χ4v) is 2.94. The lowest BCUT2D eigenvalue weighted by atomic mass is 10.1. The van der Waals surface area contributed by atoms with Crippen LogP contribution in [0, 0.1) is 10.1 Å². The monoisotopic (exact) mass is 268 g/mol. The summed E-state index contributed by atoms with van der Waals surface area (Å²) in [5.41, 5.74) is 3.68. The summed E-state index contributed by atoms with van der Waals surface area (Å²) in [5, 5.41) is 10.9. The van der Waals surface area contributed by atoms with E-state index in [-0.39, 0.29) is 5.69 Å². The summed E-state index contributed by atoms with van der Waals surface area (Å²) < 4.78 is 0. The van der Waals surface area contributed by atoms with Gasteiger partial charge in [0.2, 0.25) is 0 Å². The molecule has 0 bridgehead atoms. The van der Waals surface area contributed by atoms with Gasteiger partial charge in [-0.3, -0.25) is 20.9 Å². The minimum absolute atomic E-state index is 0.0291. The van der Waals surface area contributed by atoms with E-state index < -0.39 is 4.92 Å². The molecule has 0 amide bonds. The maximum absolute atomic E-state index is 10.9. The second kappa shape index (κ2) is 6.03. The molecule has 2 rings (SSSR count). The van der Waals surface area contributed by atoms with Gasteiger partial charge in [0.05, 0.1) is 4.92 Å². The van der Waals surface area contributed by atoms with Gasteiger partial charge in [-0.15, -0.1) is 0 Å². The third kappa shape index (κ3) is 3.12. The summed E-state index contributed by atoms with van der Waals surface area (Å²) in [6.45, 7) is 2.83. The van der Waals surface area contributed by atoms with Gasteiger partial charge in [-0.05, 0) is 11.6 Å². The first kappa shape index (κ1) is 13.1. The predicted molar refractivity (Wildman–Crippen MR) is 73.5 cm³/mol. The number of nitro benzene ring substituents is 1. The van der Waals surface area contributed by atoms with Crippen LogP contribution >= 0.6 is 11.8 Å². The highest BCUT2D eigenvalue weighted by molar-refractivity contribution is 7.99. The number of nitrogens with one attached hydrogen (secondary N) is 1. The van der Waals surface area contributed by atoms with Gasteiger partial charge in [-0.2, -0.15) is 11.8 Å². The number of benzene rings is 1. The molecule has 1 aromatic rings. The summed E-state index contributed by atoms with van der Waals surface area (Å²) in [6.07, 6.45) is 0. The van der Waals surface area contributed by atoms with Gasteiger partial charge in [-0.1, -0.05) is 6.07 Å². The van der Waals surface area contributed by atoms with Crippen molar-refractivity contribution in [1.82, 2.24) is 4.90 Å². The first-order chi connectivity index (χ1) is 8.70. The molecule has 0 spiro atoms. The number of nitrogens with two attached hydrogens (primary N) is 1. The molecule has 7 heteroatoms. The van der Waals surface area contributed by atoms with E-state index in [4.69, 9.17) is 5.84 Å². The van der Waals surface area contributed by atoms with Crippen molar-refractivity contribution in [3.8, 4) is 0 Å². The number of anilines is 1. The van der Waals surface area contributed by atoms with Crippen molar-refractivity contribution in [3.05, 3.63) is 33.9 Å². The molecule has 1 fully saturated rings. The predicted octanol–water partition coefficient (Wildman–Crippen LogP) is 1.43. The smallest absolute Gasteiger partial charge is 0.293 e. The van der Waals surface area contributed by atoms with E-state index in [0.29, 0.717) is 5.69 Å². The van der Waals surface area contributed by atoms with Gasteiger partial charge < -0.3 is 5.43 Å². The highest BCUT2D eigenvalue weighted by Crippen LogP contribution is 2.25. The molecule has 1 heterocycles. The second-order valence-electron chi connectivity index (χ2n) is 4.14. The number of nitrogen functional groups attached to an aromatic ring is 1. The normalized spacial score (nSPS) is 16.5. The molecule has 0 aliphatic carbocycles. The molecular weight excluding hydrogens is 252 g/mol. The number of hydrogen-bond donors (Lipinski definition) is 2. The van der Waals surface area contributed by atoms with Crippen LogP contribution in [-0.4, -0.2) is 34.4 Å². The zero-order chi connectivity index (χ0) is 13.0. The minimum Gasteiger partial charge on any atom is -0.318 e. The Balaban J connectivity index is 2.13. The summed E-state index contributed by atoms with van der Waals surface area (Å²) in [7, 11) is 0. The Bertz CT molecular complexity index is 435. The number of thioether (sulfide) groups is 1. The summed E-state index contributed by atoms with van der Waals surface area (Å²) >= 11 is 1.95. The molecule has 98 valence electrons. The number of rotatable bonds is 4. The van der Waals surface area contributed by atoms with E-state index in [0.717, 1.165) is 36.7 Å². The molecule has 1 aromatic carbocycles. The van der Waals surface area contributed by atoms with Crippen molar-refractivity contribution < 1.29 is 4.92 Å². The van der Waals surface area contributed by atoms with Crippen molar-refractivity contribution in [2.75, 3.05) is 30.0 Å². The maximum Gasteiger partial charge on any atom is 0.293 e. The van der Waals surface area contributed by atoms with E-state index in [2.05, 4.69) is 10.3 Å². The Morgan fingerprint density at radius 2 is 2.17 bits per heavy atom. The fraction of sp³-hybridized carbons (Fsp3) is 0.455.